The number of rotatable bonds is 6. The first-order valence-electron chi connectivity index (χ1n) is 7.43. The van der Waals surface area contributed by atoms with Gasteiger partial charge in [-0.3, -0.25) is 9.69 Å². The average molecular weight is 320 g/mol. The fourth-order valence-electron chi connectivity index (χ4n) is 2.84. The molecule has 122 valence electrons. The van der Waals surface area contributed by atoms with Crippen LogP contribution in [-0.4, -0.2) is 80.8 Å². The number of aliphatic hydroxyl groups is 1. The maximum atomic E-state index is 11.9. The number of carbonyl (C=O) groups excluding carboxylic acids is 1. The molecule has 0 aliphatic carbocycles. The minimum absolute atomic E-state index is 0.0346. The SMILES string of the molecule is O=C(CN1CCC(OCCO)CC1)NC1CCS(=O)(=O)C1. The number of hydrogen-bond donors (Lipinski definition) is 2. The van der Waals surface area contributed by atoms with E-state index >= 15 is 0 Å². The van der Waals surface area contributed by atoms with Gasteiger partial charge >= 0.3 is 0 Å². The highest BCUT2D eigenvalue weighted by Crippen LogP contribution is 2.14. The van der Waals surface area contributed by atoms with Crippen molar-refractivity contribution < 1.29 is 23.1 Å². The molecule has 21 heavy (non-hydrogen) atoms. The van der Waals surface area contributed by atoms with Crippen molar-refractivity contribution in [3.05, 3.63) is 0 Å². The van der Waals surface area contributed by atoms with Crippen molar-refractivity contribution in [2.75, 3.05) is 44.4 Å². The van der Waals surface area contributed by atoms with Crippen molar-refractivity contribution in [2.24, 2.45) is 0 Å². The van der Waals surface area contributed by atoms with Crippen LogP contribution in [0.1, 0.15) is 19.3 Å². The van der Waals surface area contributed by atoms with E-state index in [0.29, 0.717) is 19.6 Å². The van der Waals surface area contributed by atoms with E-state index < -0.39 is 9.84 Å². The molecule has 0 saturated carbocycles. The summed E-state index contributed by atoms with van der Waals surface area (Å²) in [6.07, 6.45) is 2.39. The molecule has 0 aromatic carbocycles. The van der Waals surface area contributed by atoms with E-state index in [1.807, 2.05) is 0 Å². The lowest BCUT2D eigenvalue weighted by Crippen LogP contribution is -2.46. The minimum Gasteiger partial charge on any atom is -0.394 e. The second-order valence-electron chi connectivity index (χ2n) is 5.74. The summed E-state index contributed by atoms with van der Waals surface area (Å²) in [5.74, 6) is 0.133. The van der Waals surface area contributed by atoms with E-state index in [-0.39, 0.29) is 36.2 Å². The van der Waals surface area contributed by atoms with Crippen LogP contribution in [-0.2, 0) is 19.4 Å². The molecule has 2 fully saturated rings. The second-order valence-corrected chi connectivity index (χ2v) is 7.97. The molecule has 0 bridgehead atoms. The maximum absolute atomic E-state index is 11.9. The number of nitrogens with zero attached hydrogens (tertiary/aromatic N) is 1. The first-order chi connectivity index (χ1) is 9.98. The fourth-order valence-corrected chi connectivity index (χ4v) is 4.51. The average Bonchev–Trinajstić information content (AvgIpc) is 2.77. The Morgan fingerprint density at radius 3 is 2.57 bits per heavy atom. The molecule has 0 aromatic heterocycles. The lowest BCUT2D eigenvalue weighted by Gasteiger charge is -2.31. The van der Waals surface area contributed by atoms with Crippen molar-refractivity contribution in [1.82, 2.24) is 10.2 Å². The molecular weight excluding hydrogens is 296 g/mol. The Hall–Kier alpha value is -0.700. The summed E-state index contributed by atoms with van der Waals surface area (Å²) in [7, 11) is -2.96. The zero-order chi connectivity index (χ0) is 15.3. The van der Waals surface area contributed by atoms with Crippen LogP contribution in [0.4, 0.5) is 0 Å². The van der Waals surface area contributed by atoms with Gasteiger partial charge in [-0.05, 0) is 19.3 Å². The van der Waals surface area contributed by atoms with E-state index in [2.05, 4.69) is 10.2 Å². The molecule has 8 heteroatoms. The van der Waals surface area contributed by atoms with Crippen molar-refractivity contribution in [3.8, 4) is 0 Å². The molecule has 1 unspecified atom stereocenters. The molecule has 2 aliphatic heterocycles. The Kier molecular flexibility index (Phi) is 5.98. The van der Waals surface area contributed by atoms with Crippen LogP contribution in [0.3, 0.4) is 0 Å². The van der Waals surface area contributed by atoms with Gasteiger partial charge in [0.15, 0.2) is 9.84 Å². The molecule has 2 saturated heterocycles. The number of hydrogen-bond acceptors (Lipinski definition) is 6. The van der Waals surface area contributed by atoms with Crippen molar-refractivity contribution >= 4 is 15.7 Å². The van der Waals surface area contributed by atoms with E-state index in [1.165, 1.54) is 0 Å². The monoisotopic (exact) mass is 320 g/mol. The Labute approximate surface area is 125 Å². The third-order valence-electron chi connectivity index (χ3n) is 3.94. The zero-order valence-corrected chi connectivity index (χ0v) is 13.0. The Morgan fingerprint density at radius 2 is 2.00 bits per heavy atom. The largest absolute Gasteiger partial charge is 0.394 e. The first-order valence-corrected chi connectivity index (χ1v) is 9.25. The number of nitrogens with one attached hydrogen (secondary N) is 1. The van der Waals surface area contributed by atoms with Gasteiger partial charge in [0.2, 0.25) is 5.91 Å². The maximum Gasteiger partial charge on any atom is 0.234 e. The quantitative estimate of drug-likeness (QED) is 0.636. The Balaban J connectivity index is 1.65. The molecule has 7 nitrogen and oxygen atoms in total. The van der Waals surface area contributed by atoms with E-state index in [9.17, 15) is 13.2 Å². The van der Waals surface area contributed by atoms with Crippen LogP contribution in [0.25, 0.3) is 0 Å². The number of piperidine rings is 1. The number of sulfone groups is 1. The van der Waals surface area contributed by atoms with Crippen LogP contribution >= 0.6 is 0 Å². The molecule has 2 rings (SSSR count). The van der Waals surface area contributed by atoms with Gasteiger partial charge in [0.1, 0.15) is 0 Å². The third-order valence-corrected chi connectivity index (χ3v) is 5.71. The highest BCUT2D eigenvalue weighted by atomic mass is 32.2. The van der Waals surface area contributed by atoms with Crippen molar-refractivity contribution in [1.29, 1.82) is 0 Å². The standard InChI is InChI=1S/C13H24N2O5S/c16-6-7-20-12-1-4-15(5-2-12)9-13(17)14-11-3-8-21(18,19)10-11/h11-12,16H,1-10H2,(H,14,17). The highest BCUT2D eigenvalue weighted by molar-refractivity contribution is 7.91. The van der Waals surface area contributed by atoms with Crippen molar-refractivity contribution in [2.45, 2.75) is 31.4 Å². The number of aliphatic hydroxyl groups excluding tert-OH is 1. The van der Waals surface area contributed by atoms with Gasteiger partial charge in [-0.25, -0.2) is 8.42 Å². The number of carbonyl (C=O) groups is 1. The molecule has 0 aromatic rings. The number of ether oxygens (including phenoxy) is 1. The van der Waals surface area contributed by atoms with Crippen LogP contribution in [0, 0.1) is 0 Å². The normalized spacial score (nSPS) is 26.8. The molecule has 0 radical (unpaired) electrons. The number of likely N-dealkylation sites (tertiary alicyclic amines) is 1. The summed E-state index contributed by atoms with van der Waals surface area (Å²) < 4.78 is 28.2. The van der Waals surface area contributed by atoms with Gasteiger partial charge in [-0.15, -0.1) is 0 Å². The second kappa shape index (κ2) is 7.53. The van der Waals surface area contributed by atoms with Gasteiger partial charge < -0.3 is 15.2 Å². The van der Waals surface area contributed by atoms with Crippen molar-refractivity contribution in [3.63, 3.8) is 0 Å². The Bertz CT molecular complexity index is 445. The summed E-state index contributed by atoms with van der Waals surface area (Å²) >= 11 is 0. The molecule has 1 amide bonds. The molecule has 2 heterocycles. The third kappa shape index (κ3) is 5.54. The smallest absolute Gasteiger partial charge is 0.234 e. The topological polar surface area (TPSA) is 95.9 Å². The van der Waals surface area contributed by atoms with Gasteiger partial charge in [0, 0.05) is 19.1 Å². The van der Waals surface area contributed by atoms with Gasteiger partial charge in [0.25, 0.3) is 0 Å². The summed E-state index contributed by atoms with van der Waals surface area (Å²) in [5, 5.41) is 11.5. The molecule has 1 atom stereocenters. The summed E-state index contributed by atoms with van der Waals surface area (Å²) in [6.45, 7) is 2.27. The van der Waals surface area contributed by atoms with Gasteiger partial charge in [-0.2, -0.15) is 0 Å². The predicted octanol–water partition coefficient (Wildman–Crippen LogP) is -1.24. The Morgan fingerprint density at radius 1 is 1.29 bits per heavy atom. The summed E-state index contributed by atoms with van der Waals surface area (Å²) in [6, 6.07) is -0.229. The molecule has 2 aliphatic rings. The highest BCUT2D eigenvalue weighted by Gasteiger charge is 2.29. The van der Waals surface area contributed by atoms with E-state index in [1.54, 1.807) is 0 Å². The van der Waals surface area contributed by atoms with E-state index in [0.717, 1.165) is 25.9 Å². The van der Waals surface area contributed by atoms with E-state index in [4.69, 9.17) is 9.84 Å². The first kappa shape index (κ1) is 16.7. The molecule has 2 N–H and O–H groups in total. The summed E-state index contributed by atoms with van der Waals surface area (Å²) in [5.41, 5.74) is 0. The van der Waals surface area contributed by atoms with Gasteiger partial charge in [0.05, 0.1) is 37.4 Å². The molecule has 0 spiro atoms. The van der Waals surface area contributed by atoms with Crippen LogP contribution in [0.2, 0.25) is 0 Å². The zero-order valence-electron chi connectivity index (χ0n) is 12.2. The van der Waals surface area contributed by atoms with Crippen LogP contribution < -0.4 is 5.32 Å². The predicted molar refractivity (Wildman–Crippen MR) is 77.7 cm³/mol. The molecular formula is C13H24N2O5S. The summed E-state index contributed by atoms with van der Waals surface area (Å²) in [4.78, 5) is 14.0. The van der Waals surface area contributed by atoms with Crippen LogP contribution in [0.15, 0.2) is 0 Å². The number of amides is 1. The minimum atomic E-state index is -2.96. The lowest BCUT2D eigenvalue weighted by atomic mass is 10.1. The van der Waals surface area contributed by atoms with Crippen LogP contribution in [0.5, 0.6) is 0 Å². The fraction of sp³-hybridized carbons (Fsp3) is 0.923. The lowest BCUT2D eigenvalue weighted by molar-refractivity contribution is -0.123. The van der Waals surface area contributed by atoms with Gasteiger partial charge in [-0.1, -0.05) is 0 Å².